The number of carbonyl (C=O) groups is 1. The molecule has 0 radical (unpaired) electrons. The zero-order chi connectivity index (χ0) is 10.8. The number of rotatable bonds is 3. The topological polar surface area (TPSA) is 69.7 Å². The number of carbonyl (C=O) groups excluding carboxylic acids is 1. The molecule has 0 spiro atoms. The van der Waals surface area contributed by atoms with Crippen LogP contribution in [-0.2, 0) is 23.8 Å². The van der Waals surface area contributed by atoms with Gasteiger partial charge in [-0.2, -0.15) is 8.42 Å². The zero-order valence-corrected chi connectivity index (χ0v) is 9.04. The summed E-state index contributed by atoms with van der Waals surface area (Å²) in [5, 5.41) is 0. The first-order valence-electron chi connectivity index (χ1n) is 4.38. The van der Waals surface area contributed by atoms with Gasteiger partial charge in [-0.3, -0.25) is 8.98 Å². The third-order valence-corrected chi connectivity index (χ3v) is 2.85. The third kappa shape index (κ3) is 3.26. The van der Waals surface area contributed by atoms with Crippen molar-refractivity contribution in [3.05, 3.63) is 0 Å². The van der Waals surface area contributed by atoms with E-state index in [0.717, 1.165) is 6.26 Å². The van der Waals surface area contributed by atoms with Crippen LogP contribution in [0.15, 0.2) is 0 Å². The molecule has 5 nitrogen and oxygen atoms in total. The lowest BCUT2D eigenvalue weighted by molar-refractivity contribution is -0.145. The lowest BCUT2D eigenvalue weighted by Gasteiger charge is -2.09. The third-order valence-electron chi connectivity index (χ3n) is 2.23. The molecule has 1 saturated carbocycles. The van der Waals surface area contributed by atoms with E-state index in [2.05, 4.69) is 4.74 Å². The minimum absolute atomic E-state index is 0.216. The van der Waals surface area contributed by atoms with Gasteiger partial charge in [0.15, 0.2) is 0 Å². The van der Waals surface area contributed by atoms with E-state index in [4.69, 9.17) is 4.18 Å². The molecule has 1 rings (SSSR count). The van der Waals surface area contributed by atoms with E-state index < -0.39 is 10.1 Å². The molecule has 82 valence electrons. The van der Waals surface area contributed by atoms with Crippen LogP contribution in [0.25, 0.3) is 0 Å². The lowest BCUT2D eigenvalue weighted by Crippen LogP contribution is -2.17. The van der Waals surface area contributed by atoms with Gasteiger partial charge in [0, 0.05) is 0 Å². The minimum Gasteiger partial charge on any atom is -0.469 e. The Morgan fingerprint density at radius 1 is 1.36 bits per heavy atom. The smallest absolute Gasteiger partial charge is 0.308 e. The van der Waals surface area contributed by atoms with Gasteiger partial charge in [-0.05, 0) is 19.3 Å². The van der Waals surface area contributed by atoms with Gasteiger partial charge in [0.2, 0.25) is 0 Å². The molecule has 0 amide bonds. The Morgan fingerprint density at radius 2 is 2.00 bits per heavy atom. The quantitative estimate of drug-likeness (QED) is 0.507. The molecule has 0 aromatic heterocycles. The molecule has 0 aliphatic heterocycles. The van der Waals surface area contributed by atoms with E-state index in [1.54, 1.807) is 0 Å². The molecule has 0 bridgehead atoms. The summed E-state index contributed by atoms with van der Waals surface area (Å²) in [4.78, 5) is 11.1. The van der Waals surface area contributed by atoms with Crippen LogP contribution in [0.1, 0.15) is 19.3 Å². The monoisotopic (exact) mass is 222 g/mol. The fraction of sp³-hybridized carbons (Fsp3) is 0.875. The Balaban J connectivity index is 2.46. The minimum atomic E-state index is -3.42. The first-order valence-corrected chi connectivity index (χ1v) is 6.20. The second kappa shape index (κ2) is 4.27. The van der Waals surface area contributed by atoms with Crippen molar-refractivity contribution in [3.8, 4) is 0 Å². The highest BCUT2D eigenvalue weighted by Crippen LogP contribution is 2.29. The standard InChI is InChI=1S/C8H14O5S/c1-12-8(9)6-3-4-7(5-6)13-14(2,10)11/h6-7H,3-5H2,1-2H3/t6-,7+/m1/s1. The molecular weight excluding hydrogens is 208 g/mol. The summed E-state index contributed by atoms with van der Waals surface area (Å²) in [6, 6.07) is 0. The van der Waals surface area contributed by atoms with Crippen LogP contribution in [0.4, 0.5) is 0 Å². The molecule has 6 heteroatoms. The number of hydrogen-bond acceptors (Lipinski definition) is 5. The molecule has 14 heavy (non-hydrogen) atoms. The molecule has 2 atom stereocenters. The van der Waals surface area contributed by atoms with Crippen LogP contribution in [0.5, 0.6) is 0 Å². The molecule has 1 aliphatic rings. The first kappa shape index (κ1) is 11.5. The van der Waals surface area contributed by atoms with E-state index >= 15 is 0 Å². The summed E-state index contributed by atoms with van der Waals surface area (Å²) in [7, 11) is -2.09. The number of esters is 1. The van der Waals surface area contributed by atoms with Crippen molar-refractivity contribution < 1.29 is 22.1 Å². The summed E-state index contributed by atoms with van der Waals surface area (Å²) < 4.78 is 30.9. The summed E-state index contributed by atoms with van der Waals surface area (Å²) >= 11 is 0. The fourth-order valence-corrected chi connectivity index (χ4v) is 2.32. The van der Waals surface area contributed by atoms with Gasteiger partial charge in [0.1, 0.15) is 0 Å². The van der Waals surface area contributed by atoms with Crippen LogP contribution in [-0.4, -0.2) is 33.9 Å². The molecule has 0 aromatic rings. The highest BCUT2D eigenvalue weighted by molar-refractivity contribution is 7.86. The van der Waals surface area contributed by atoms with E-state index in [1.165, 1.54) is 7.11 Å². The Labute approximate surface area is 83.5 Å². The van der Waals surface area contributed by atoms with Crippen molar-refractivity contribution in [3.63, 3.8) is 0 Å². The SMILES string of the molecule is COC(=O)[C@@H]1CC[C@H](OS(C)(=O)=O)C1. The van der Waals surface area contributed by atoms with Gasteiger partial charge in [-0.1, -0.05) is 0 Å². The van der Waals surface area contributed by atoms with Crippen molar-refractivity contribution in [2.75, 3.05) is 13.4 Å². The van der Waals surface area contributed by atoms with Gasteiger partial charge < -0.3 is 4.74 Å². The van der Waals surface area contributed by atoms with Crippen LogP contribution >= 0.6 is 0 Å². The number of ether oxygens (including phenoxy) is 1. The second-order valence-electron chi connectivity index (χ2n) is 3.46. The van der Waals surface area contributed by atoms with Crippen LogP contribution < -0.4 is 0 Å². The van der Waals surface area contributed by atoms with Crippen LogP contribution in [0, 0.1) is 5.92 Å². The largest absolute Gasteiger partial charge is 0.469 e. The van der Waals surface area contributed by atoms with Gasteiger partial charge in [-0.15, -0.1) is 0 Å². The summed E-state index contributed by atoms with van der Waals surface area (Å²) in [5.41, 5.74) is 0. The van der Waals surface area contributed by atoms with E-state index in [0.29, 0.717) is 19.3 Å². The molecule has 1 aliphatic carbocycles. The number of hydrogen-bond donors (Lipinski definition) is 0. The predicted molar refractivity (Wildman–Crippen MR) is 49.1 cm³/mol. The van der Waals surface area contributed by atoms with E-state index in [1.807, 2.05) is 0 Å². The average Bonchev–Trinajstić information content (AvgIpc) is 2.48. The number of methoxy groups -OCH3 is 1. The Bertz CT molecular complexity index is 308. The van der Waals surface area contributed by atoms with Gasteiger partial charge in [-0.25, -0.2) is 0 Å². The van der Waals surface area contributed by atoms with Crippen molar-refractivity contribution in [1.82, 2.24) is 0 Å². The maximum atomic E-state index is 11.1. The van der Waals surface area contributed by atoms with Gasteiger partial charge in [0.05, 0.1) is 25.4 Å². The van der Waals surface area contributed by atoms with Crippen molar-refractivity contribution in [2.45, 2.75) is 25.4 Å². The van der Waals surface area contributed by atoms with E-state index in [-0.39, 0.29) is 18.0 Å². The van der Waals surface area contributed by atoms with E-state index in [9.17, 15) is 13.2 Å². The summed E-state index contributed by atoms with van der Waals surface area (Å²) in [5.74, 6) is -0.503. The summed E-state index contributed by atoms with van der Waals surface area (Å²) in [6.07, 6.45) is 2.30. The molecular formula is C8H14O5S. The molecule has 0 unspecified atom stereocenters. The summed E-state index contributed by atoms with van der Waals surface area (Å²) in [6.45, 7) is 0. The zero-order valence-electron chi connectivity index (χ0n) is 8.23. The first-order chi connectivity index (χ1) is 6.42. The maximum Gasteiger partial charge on any atom is 0.308 e. The van der Waals surface area contributed by atoms with Crippen molar-refractivity contribution in [2.24, 2.45) is 5.92 Å². The van der Waals surface area contributed by atoms with Crippen molar-refractivity contribution in [1.29, 1.82) is 0 Å². The lowest BCUT2D eigenvalue weighted by atomic mass is 10.1. The molecule has 0 heterocycles. The van der Waals surface area contributed by atoms with Gasteiger partial charge in [0.25, 0.3) is 10.1 Å². The average molecular weight is 222 g/mol. The van der Waals surface area contributed by atoms with Crippen LogP contribution in [0.2, 0.25) is 0 Å². The molecule has 0 saturated heterocycles. The maximum absolute atomic E-state index is 11.1. The van der Waals surface area contributed by atoms with Gasteiger partial charge >= 0.3 is 5.97 Å². The molecule has 0 N–H and O–H groups in total. The predicted octanol–water partition coefficient (Wildman–Crippen LogP) is 0.304. The highest BCUT2D eigenvalue weighted by atomic mass is 32.2. The fourth-order valence-electron chi connectivity index (χ4n) is 1.66. The van der Waals surface area contributed by atoms with Crippen molar-refractivity contribution >= 4 is 16.1 Å². The second-order valence-corrected chi connectivity index (χ2v) is 5.06. The Morgan fingerprint density at radius 3 is 2.50 bits per heavy atom. The highest BCUT2D eigenvalue weighted by Gasteiger charge is 2.32. The normalized spacial score (nSPS) is 27.6. The molecule has 1 fully saturated rings. The Hall–Kier alpha value is -0.620. The molecule has 0 aromatic carbocycles. The Kier molecular flexibility index (Phi) is 3.49. The van der Waals surface area contributed by atoms with Crippen LogP contribution in [0.3, 0.4) is 0 Å².